The van der Waals surface area contributed by atoms with E-state index in [4.69, 9.17) is 4.74 Å². The Labute approximate surface area is 150 Å². The van der Waals surface area contributed by atoms with E-state index in [1.165, 1.54) is 16.1 Å². The van der Waals surface area contributed by atoms with Crippen LogP contribution in [0.3, 0.4) is 0 Å². The van der Waals surface area contributed by atoms with Crippen molar-refractivity contribution in [3.8, 4) is 11.4 Å². The lowest BCUT2D eigenvalue weighted by molar-refractivity contribution is 0.249. The number of aromatic nitrogens is 2. The Hall–Kier alpha value is -2.35. The summed E-state index contributed by atoms with van der Waals surface area (Å²) in [7, 11) is 1.61. The molecule has 1 heterocycles. The predicted octanol–water partition coefficient (Wildman–Crippen LogP) is 2.48. The molecule has 0 radical (unpaired) electrons. The van der Waals surface area contributed by atoms with Gasteiger partial charge in [0, 0.05) is 13.1 Å². The van der Waals surface area contributed by atoms with Crippen LogP contribution >= 0.6 is 11.5 Å². The fourth-order valence-corrected chi connectivity index (χ4v) is 3.32. The maximum Gasteiger partial charge on any atom is 0.344 e. The van der Waals surface area contributed by atoms with Crippen LogP contribution in [-0.4, -0.2) is 28.2 Å². The molecule has 0 saturated carbocycles. The standard InChI is InChI=1S/C17H24N4O3S/c1-6-18-15(22)19-16-21(17(23)20(7-2)25-16)14-9-8-12(24-5)10-13(14)11(3)4/h8-11H,6-7H2,1-5H3,(H,18,22)/b19-16-. The van der Waals surface area contributed by atoms with Crippen LogP contribution in [0.1, 0.15) is 39.2 Å². The minimum atomic E-state index is -0.458. The van der Waals surface area contributed by atoms with Gasteiger partial charge in [-0.3, -0.25) is 0 Å². The highest BCUT2D eigenvalue weighted by Crippen LogP contribution is 2.26. The number of benzene rings is 1. The second-order valence-electron chi connectivity index (χ2n) is 5.71. The number of rotatable bonds is 5. The first-order valence-electron chi connectivity index (χ1n) is 8.26. The zero-order chi connectivity index (χ0) is 18.6. The molecule has 0 bridgehead atoms. The van der Waals surface area contributed by atoms with E-state index in [-0.39, 0.29) is 11.6 Å². The largest absolute Gasteiger partial charge is 0.497 e. The second kappa shape index (κ2) is 8.15. The number of carbonyl (C=O) groups excluding carboxylic acids is 1. The summed E-state index contributed by atoms with van der Waals surface area (Å²) in [6.07, 6.45) is 0. The van der Waals surface area contributed by atoms with Crippen LogP contribution < -0.4 is 20.5 Å². The van der Waals surface area contributed by atoms with Gasteiger partial charge in [-0.25, -0.2) is 18.1 Å². The molecule has 0 aliphatic carbocycles. The number of methoxy groups -OCH3 is 1. The average Bonchev–Trinajstić information content (AvgIpc) is 2.89. The van der Waals surface area contributed by atoms with Crippen LogP contribution in [0.15, 0.2) is 28.0 Å². The first-order valence-corrected chi connectivity index (χ1v) is 9.04. The molecule has 0 unspecified atom stereocenters. The summed E-state index contributed by atoms with van der Waals surface area (Å²) >= 11 is 1.17. The maximum atomic E-state index is 12.8. The first kappa shape index (κ1) is 19.0. The van der Waals surface area contributed by atoms with Crippen LogP contribution in [-0.2, 0) is 6.54 Å². The monoisotopic (exact) mass is 364 g/mol. The molecule has 0 spiro atoms. The molecule has 0 fully saturated rings. The summed E-state index contributed by atoms with van der Waals surface area (Å²) in [4.78, 5) is 29.1. The minimum absolute atomic E-state index is 0.171. The molecule has 2 aromatic rings. The van der Waals surface area contributed by atoms with Gasteiger partial charge in [-0.05, 0) is 55.1 Å². The number of hydrogen-bond acceptors (Lipinski definition) is 4. The van der Waals surface area contributed by atoms with E-state index in [1.807, 2.05) is 39.8 Å². The summed E-state index contributed by atoms with van der Waals surface area (Å²) in [6.45, 7) is 8.79. The summed E-state index contributed by atoms with van der Waals surface area (Å²) in [5.74, 6) is 0.894. The molecule has 8 heteroatoms. The van der Waals surface area contributed by atoms with Gasteiger partial charge in [-0.15, -0.1) is 0 Å². The minimum Gasteiger partial charge on any atom is -0.497 e. The molecule has 1 aromatic heterocycles. The second-order valence-corrected chi connectivity index (χ2v) is 6.70. The van der Waals surface area contributed by atoms with Gasteiger partial charge in [-0.1, -0.05) is 13.8 Å². The van der Waals surface area contributed by atoms with E-state index >= 15 is 0 Å². The summed E-state index contributed by atoms with van der Waals surface area (Å²) in [5.41, 5.74) is 1.46. The number of hydrogen-bond donors (Lipinski definition) is 1. The lowest BCUT2D eigenvalue weighted by Crippen LogP contribution is -2.30. The third-order valence-electron chi connectivity index (χ3n) is 3.70. The molecular weight excluding hydrogens is 340 g/mol. The highest BCUT2D eigenvalue weighted by atomic mass is 32.1. The van der Waals surface area contributed by atoms with Crippen molar-refractivity contribution in [1.82, 2.24) is 13.8 Å². The number of urea groups is 1. The van der Waals surface area contributed by atoms with Crippen LogP contribution in [0.25, 0.3) is 5.69 Å². The Morgan fingerprint density at radius 2 is 2.08 bits per heavy atom. The molecule has 2 amide bonds. The maximum absolute atomic E-state index is 12.8. The van der Waals surface area contributed by atoms with Crippen molar-refractivity contribution in [3.05, 3.63) is 39.0 Å². The number of amides is 2. The van der Waals surface area contributed by atoms with Crippen LogP contribution in [0.4, 0.5) is 4.79 Å². The number of carbonyl (C=O) groups is 1. The molecule has 0 atom stereocenters. The Morgan fingerprint density at radius 1 is 1.36 bits per heavy atom. The van der Waals surface area contributed by atoms with E-state index < -0.39 is 6.03 Å². The van der Waals surface area contributed by atoms with E-state index in [1.54, 1.807) is 17.1 Å². The number of aryl methyl sites for hydroxylation is 1. The van der Waals surface area contributed by atoms with E-state index in [0.29, 0.717) is 23.6 Å². The highest BCUT2D eigenvalue weighted by Gasteiger charge is 2.16. The topological polar surface area (TPSA) is 77.6 Å². The first-order chi connectivity index (χ1) is 11.9. The number of nitrogens with one attached hydrogen (secondary N) is 1. The van der Waals surface area contributed by atoms with Gasteiger partial charge in [-0.2, -0.15) is 4.99 Å². The van der Waals surface area contributed by atoms with Crippen molar-refractivity contribution in [3.63, 3.8) is 0 Å². The fourth-order valence-electron chi connectivity index (χ4n) is 2.45. The molecule has 0 saturated heterocycles. The normalized spacial score (nSPS) is 11.8. The van der Waals surface area contributed by atoms with Crippen LogP contribution in [0.2, 0.25) is 0 Å². The van der Waals surface area contributed by atoms with Gasteiger partial charge in [0.15, 0.2) is 0 Å². The third kappa shape index (κ3) is 4.01. The van der Waals surface area contributed by atoms with Crippen molar-refractivity contribution < 1.29 is 9.53 Å². The lowest BCUT2D eigenvalue weighted by Gasteiger charge is -2.14. The molecule has 7 nitrogen and oxygen atoms in total. The third-order valence-corrected chi connectivity index (χ3v) is 4.77. The molecule has 1 N–H and O–H groups in total. The quantitative estimate of drug-likeness (QED) is 0.885. The summed E-state index contributed by atoms with van der Waals surface area (Å²) < 4.78 is 8.38. The van der Waals surface area contributed by atoms with Gasteiger partial charge in [0.25, 0.3) is 0 Å². The molecule has 0 aliphatic rings. The SMILES string of the molecule is CCNC(=O)/N=c1\sn(CC)c(=O)n1-c1ccc(OC)cc1C(C)C. The Morgan fingerprint density at radius 3 is 2.64 bits per heavy atom. The van der Waals surface area contributed by atoms with Crippen LogP contribution in [0.5, 0.6) is 5.75 Å². The highest BCUT2D eigenvalue weighted by molar-refractivity contribution is 7.03. The molecule has 2 rings (SSSR count). The zero-order valence-corrected chi connectivity index (χ0v) is 16.0. The molecule has 136 valence electrons. The lowest BCUT2D eigenvalue weighted by atomic mass is 10.0. The molecule has 25 heavy (non-hydrogen) atoms. The molecule has 1 aromatic carbocycles. The predicted molar refractivity (Wildman–Crippen MR) is 98.9 cm³/mol. The van der Waals surface area contributed by atoms with Crippen molar-refractivity contribution in [2.45, 2.75) is 40.2 Å². The zero-order valence-electron chi connectivity index (χ0n) is 15.2. The van der Waals surface area contributed by atoms with E-state index in [0.717, 1.165) is 11.3 Å². The van der Waals surface area contributed by atoms with Gasteiger partial charge in [0.2, 0.25) is 4.80 Å². The van der Waals surface area contributed by atoms with Crippen molar-refractivity contribution in [1.29, 1.82) is 0 Å². The van der Waals surface area contributed by atoms with E-state index in [2.05, 4.69) is 10.3 Å². The summed E-state index contributed by atoms with van der Waals surface area (Å²) in [6, 6.07) is 5.09. The number of nitrogens with zero attached hydrogens (tertiary/aromatic N) is 3. The van der Waals surface area contributed by atoms with Crippen molar-refractivity contribution >= 4 is 17.6 Å². The Kier molecular flexibility index (Phi) is 6.19. The molecule has 0 aliphatic heterocycles. The van der Waals surface area contributed by atoms with Crippen molar-refractivity contribution in [2.75, 3.05) is 13.7 Å². The average molecular weight is 364 g/mol. The Bertz CT molecular complexity index is 877. The van der Waals surface area contributed by atoms with Crippen LogP contribution in [0, 0.1) is 0 Å². The van der Waals surface area contributed by atoms with Gasteiger partial charge in [0.1, 0.15) is 5.75 Å². The van der Waals surface area contributed by atoms with E-state index in [9.17, 15) is 9.59 Å². The van der Waals surface area contributed by atoms with Crippen molar-refractivity contribution in [2.24, 2.45) is 4.99 Å². The van der Waals surface area contributed by atoms with Gasteiger partial charge >= 0.3 is 11.7 Å². The molecular formula is C17H24N4O3S. The van der Waals surface area contributed by atoms with Gasteiger partial charge < -0.3 is 10.1 Å². The smallest absolute Gasteiger partial charge is 0.344 e. The number of ether oxygens (including phenoxy) is 1. The van der Waals surface area contributed by atoms with Gasteiger partial charge in [0.05, 0.1) is 12.8 Å². The summed E-state index contributed by atoms with van der Waals surface area (Å²) in [5, 5.41) is 2.63. The Balaban J connectivity index is 2.77. The fraction of sp³-hybridized carbons (Fsp3) is 0.471.